The Balaban J connectivity index is 1.63. The van der Waals surface area contributed by atoms with E-state index < -0.39 is 0 Å². The van der Waals surface area contributed by atoms with Crippen LogP contribution in [0, 0.1) is 12.7 Å². The van der Waals surface area contributed by atoms with Crippen molar-refractivity contribution in [2.24, 2.45) is 0 Å². The number of hydrogen-bond donors (Lipinski definition) is 2. The Bertz CT molecular complexity index is 1100. The Kier molecular flexibility index (Phi) is 4.68. The topological polar surface area (TPSA) is 70.7 Å². The zero-order chi connectivity index (χ0) is 18.8. The summed E-state index contributed by atoms with van der Waals surface area (Å²) >= 11 is 1.33. The van der Waals surface area contributed by atoms with Gasteiger partial charge in [0.2, 0.25) is 11.0 Å². The predicted molar refractivity (Wildman–Crippen MR) is 105 cm³/mol. The minimum Gasteiger partial charge on any atom is -0.354 e. The van der Waals surface area contributed by atoms with Crippen molar-refractivity contribution in [3.63, 3.8) is 0 Å². The number of benzene rings is 2. The monoisotopic (exact) mass is 380 g/mol. The molecule has 0 aliphatic heterocycles. The van der Waals surface area contributed by atoms with Crippen LogP contribution in [0.15, 0.2) is 48.5 Å². The van der Waals surface area contributed by atoms with Gasteiger partial charge in [-0.05, 0) is 42.7 Å². The molecule has 0 unspecified atom stereocenters. The molecule has 0 saturated heterocycles. The molecule has 4 rings (SSSR count). The van der Waals surface area contributed by atoms with Crippen molar-refractivity contribution in [3.8, 4) is 11.3 Å². The number of H-pyrrole nitrogens is 1. The van der Waals surface area contributed by atoms with Crippen molar-refractivity contribution in [1.82, 2.24) is 15.2 Å². The predicted octanol–water partition coefficient (Wildman–Crippen LogP) is 4.71. The van der Waals surface area contributed by atoms with Gasteiger partial charge in [0.15, 0.2) is 0 Å². The molecule has 5 nitrogen and oxygen atoms in total. The van der Waals surface area contributed by atoms with Crippen LogP contribution < -0.4 is 5.32 Å². The second-order valence-electron chi connectivity index (χ2n) is 6.21. The Morgan fingerprint density at radius 1 is 1.19 bits per heavy atom. The fourth-order valence-electron chi connectivity index (χ4n) is 3.10. The van der Waals surface area contributed by atoms with E-state index in [0.717, 1.165) is 32.7 Å². The number of aromatic nitrogens is 3. The maximum atomic E-state index is 13.8. The lowest BCUT2D eigenvalue weighted by atomic mass is 10.0. The molecule has 0 saturated carbocycles. The van der Waals surface area contributed by atoms with E-state index in [4.69, 9.17) is 0 Å². The smallest absolute Gasteiger partial charge is 0.226 e. The summed E-state index contributed by atoms with van der Waals surface area (Å²) in [6.45, 7) is 1.83. The van der Waals surface area contributed by atoms with Gasteiger partial charge in [0.05, 0.1) is 0 Å². The fraction of sp³-hybridized carbons (Fsp3) is 0.150. The first kappa shape index (κ1) is 17.4. The zero-order valence-corrected chi connectivity index (χ0v) is 15.4. The van der Waals surface area contributed by atoms with E-state index in [9.17, 15) is 9.18 Å². The third-order valence-electron chi connectivity index (χ3n) is 4.31. The van der Waals surface area contributed by atoms with Crippen LogP contribution in [0.1, 0.15) is 17.0 Å². The van der Waals surface area contributed by atoms with E-state index in [-0.39, 0.29) is 18.1 Å². The van der Waals surface area contributed by atoms with Gasteiger partial charge in [-0.1, -0.05) is 41.7 Å². The second-order valence-corrected chi connectivity index (χ2v) is 7.39. The first-order valence-corrected chi connectivity index (χ1v) is 9.37. The van der Waals surface area contributed by atoms with Crippen molar-refractivity contribution in [2.75, 3.05) is 5.32 Å². The molecule has 4 aromatic rings. The van der Waals surface area contributed by atoms with Gasteiger partial charge in [-0.3, -0.25) is 4.79 Å². The summed E-state index contributed by atoms with van der Waals surface area (Å²) in [6.07, 6.45) is 0.749. The molecule has 1 amide bonds. The maximum Gasteiger partial charge on any atom is 0.226 e. The van der Waals surface area contributed by atoms with Gasteiger partial charge in [0.25, 0.3) is 0 Å². The number of rotatable bonds is 5. The van der Waals surface area contributed by atoms with Crippen LogP contribution in [-0.4, -0.2) is 21.1 Å². The van der Waals surface area contributed by atoms with Gasteiger partial charge < -0.3 is 10.3 Å². The van der Waals surface area contributed by atoms with Gasteiger partial charge in [0, 0.05) is 23.0 Å². The molecular formula is C20H17FN4OS. The van der Waals surface area contributed by atoms with E-state index in [1.165, 1.54) is 23.5 Å². The summed E-state index contributed by atoms with van der Waals surface area (Å²) in [5.74, 6) is -0.438. The third-order valence-corrected chi connectivity index (χ3v) is 5.06. The fourth-order valence-corrected chi connectivity index (χ4v) is 3.71. The number of carbonyl (C=O) groups is 1. The molecule has 136 valence electrons. The molecule has 27 heavy (non-hydrogen) atoms. The van der Waals surface area contributed by atoms with Gasteiger partial charge in [0.1, 0.15) is 10.8 Å². The lowest BCUT2D eigenvalue weighted by molar-refractivity contribution is -0.116. The number of nitrogens with zero attached hydrogens (tertiary/aromatic N) is 2. The first-order chi connectivity index (χ1) is 13.1. The van der Waals surface area contributed by atoms with E-state index in [2.05, 4.69) is 20.5 Å². The Morgan fingerprint density at radius 2 is 2.00 bits per heavy atom. The molecule has 0 fully saturated rings. The van der Waals surface area contributed by atoms with Gasteiger partial charge in [-0.25, -0.2) is 4.39 Å². The van der Waals surface area contributed by atoms with Crippen molar-refractivity contribution in [3.05, 3.63) is 64.9 Å². The summed E-state index contributed by atoms with van der Waals surface area (Å²) < 4.78 is 13.8. The van der Waals surface area contributed by atoms with E-state index in [0.29, 0.717) is 11.6 Å². The second kappa shape index (κ2) is 7.28. The number of nitrogens with one attached hydrogen (secondary N) is 2. The number of halogens is 1. The van der Waals surface area contributed by atoms with Gasteiger partial charge >= 0.3 is 0 Å². The number of aryl methyl sites for hydroxylation is 2. The molecule has 2 aromatic heterocycles. The van der Waals surface area contributed by atoms with Crippen LogP contribution in [-0.2, 0) is 11.2 Å². The highest BCUT2D eigenvalue weighted by atomic mass is 32.1. The molecule has 0 aliphatic rings. The Hall–Kier alpha value is -3.06. The molecule has 2 aromatic carbocycles. The van der Waals surface area contributed by atoms with Crippen LogP contribution in [0.5, 0.6) is 0 Å². The van der Waals surface area contributed by atoms with E-state index in [1.807, 2.05) is 37.3 Å². The lowest BCUT2D eigenvalue weighted by Gasteiger charge is -2.06. The standard InChI is InChI=1S/C20H17FN4OS/c1-12-24-25-20(27-12)23-18(26)10-8-15-16-11-14(21)7-9-17(16)22-19(15)13-5-3-2-4-6-13/h2-7,9,11,22H,8,10H2,1H3,(H,23,25,26). The number of anilines is 1. The highest BCUT2D eigenvalue weighted by Gasteiger charge is 2.16. The number of hydrogen-bond acceptors (Lipinski definition) is 4. The molecule has 7 heteroatoms. The number of fused-ring (bicyclic) bond motifs is 1. The van der Waals surface area contributed by atoms with Crippen LogP contribution in [0.3, 0.4) is 0 Å². The third kappa shape index (κ3) is 3.73. The number of amides is 1. The number of aromatic amines is 1. The summed E-state index contributed by atoms with van der Waals surface area (Å²) in [6, 6.07) is 14.5. The average Bonchev–Trinajstić information content (AvgIpc) is 3.23. The lowest BCUT2D eigenvalue weighted by Crippen LogP contribution is -2.12. The van der Waals surface area contributed by atoms with Crippen molar-refractivity contribution in [1.29, 1.82) is 0 Å². The van der Waals surface area contributed by atoms with Crippen molar-refractivity contribution < 1.29 is 9.18 Å². The quantitative estimate of drug-likeness (QED) is 0.527. The molecule has 0 aliphatic carbocycles. The minimum atomic E-state index is -0.295. The summed E-state index contributed by atoms with van der Waals surface area (Å²) in [5.41, 5.74) is 3.70. The van der Waals surface area contributed by atoms with Crippen LogP contribution in [0.25, 0.3) is 22.2 Å². The average molecular weight is 380 g/mol. The zero-order valence-electron chi connectivity index (χ0n) is 14.6. The van der Waals surface area contributed by atoms with Gasteiger partial charge in [-0.2, -0.15) is 0 Å². The first-order valence-electron chi connectivity index (χ1n) is 8.55. The van der Waals surface area contributed by atoms with Crippen molar-refractivity contribution >= 4 is 33.3 Å². The van der Waals surface area contributed by atoms with Crippen LogP contribution in [0.4, 0.5) is 9.52 Å². The van der Waals surface area contributed by atoms with Crippen molar-refractivity contribution in [2.45, 2.75) is 19.8 Å². The van der Waals surface area contributed by atoms with Gasteiger partial charge in [-0.15, -0.1) is 10.2 Å². The SMILES string of the molecule is Cc1nnc(NC(=O)CCc2c(-c3ccccc3)[nH]c3ccc(F)cc23)s1. The van der Waals surface area contributed by atoms with Crippen LogP contribution in [0.2, 0.25) is 0 Å². The Morgan fingerprint density at radius 3 is 2.74 bits per heavy atom. The summed E-state index contributed by atoms with van der Waals surface area (Å²) in [7, 11) is 0. The molecule has 0 atom stereocenters. The largest absolute Gasteiger partial charge is 0.354 e. The number of carbonyl (C=O) groups excluding carboxylic acids is 1. The highest BCUT2D eigenvalue weighted by molar-refractivity contribution is 7.15. The molecule has 0 spiro atoms. The maximum absolute atomic E-state index is 13.8. The van der Waals surface area contributed by atoms with Crippen LogP contribution >= 0.6 is 11.3 Å². The molecule has 2 heterocycles. The summed E-state index contributed by atoms with van der Waals surface area (Å²) in [5, 5.41) is 12.7. The Labute approximate surface area is 159 Å². The van der Waals surface area contributed by atoms with E-state index in [1.54, 1.807) is 6.07 Å². The molecular weight excluding hydrogens is 363 g/mol. The normalized spacial score (nSPS) is 11.0. The highest BCUT2D eigenvalue weighted by Crippen LogP contribution is 2.32. The minimum absolute atomic E-state index is 0.143. The summed E-state index contributed by atoms with van der Waals surface area (Å²) in [4.78, 5) is 15.7. The molecule has 0 bridgehead atoms. The molecule has 2 N–H and O–H groups in total. The molecule has 0 radical (unpaired) electrons. The van der Waals surface area contributed by atoms with E-state index >= 15 is 0 Å².